The van der Waals surface area contributed by atoms with Gasteiger partial charge in [0.25, 0.3) is 0 Å². The molecule has 1 atom stereocenters. The quantitative estimate of drug-likeness (QED) is 0.636. The Morgan fingerprint density at radius 2 is 2.24 bits per heavy atom. The van der Waals surface area contributed by atoms with Crippen molar-refractivity contribution in [2.45, 2.75) is 12.7 Å². The summed E-state index contributed by atoms with van der Waals surface area (Å²) >= 11 is 1.02. The third kappa shape index (κ3) is 2.45. The molecule has 17 heavy (non-hydrogen) atoms. The molecule has 0 spiro atoms. The maximum atomic E-state index is 13.0. The average Bonchev–Trinajstić information content (AvgIpc) is 2.65. The average molecular weight is 257 g/mol. The zero-order valence-corrected chi connectivity index (χ0v) is 9.43. The Balaban J connectivity index is 2.16. The zero-order valence-electron chi connectivity index (χ0n) is 8.61. The van der Waals surface area contributed by atoms with E-state index >= 15 is 0 Å². The zero-order chi connectivity index (χ0) is 12.4. The first-order valence-electron chi connectivity index (χ1n) is 4.78. The summed E-state index contributed by atoms with van der Waals surface area (Å²) in [5, 5.41) is 7.76. The second-order valence-corrected chi connectivity index (χ2v) is 4.31. The van der Waals surface area contributed by atoms with E-state index < -0.39 is 17.8 Å². The third-order valence-electron chi connectivity index (χ3n) is 2.34. The Bertz CT molecular complexity index is 469. The molecule has 2 N–H and O–H groups in total. The molecule has 1 aliphatic rings. The largest absolute Gasteiger partial charge is 0.323 e. The van der Waals surface area contributed by atoms with E-state index in [0.717, 1.165) is 24.1 Å². The number of rotatable bonds is 3. The van der Waals surface area contributed by atoms with Crippen LogP contribution in [0.1, 0.15) is 5.56 Å². The van der Waals surface area contributed by atoms with Gasteiger partial charge < -0.3 is 4.90 Å². The molecule has 1 fully saturated rings. The first-order chi connectivity index (χ1) is 8.11. The fourth-order valence-corrected chi connectivity index (χ4v) is 2.18. The standard InChI is InChI=1S/C10H9F2N3OS/c11-7-2-1-6(3-8(7)12)4-15-9(5-16)14-17-10(15)13/h1-3,5,9,13-14H,4H2. The number of carbonyl (C=O) groups is 1. The number of nitrogens with one attached hydrogen (secondary N) is 2. The van der Waals surface area contributed by atoms with Gasteiger partial charge in [0, 0.05) is 6.54 Å². The molecule has 2 rings (SSSR count). The first-order valence-corrected chi connectivity index (χ1v) is 5.60. The fourth-order valence-electron chi connectivity index (χ4n) is 1.47. The van der Waals surface area contributed by atoms with Gasteiger partial charge in [0.2, 0.25) is 0 Å². The lowest BCUT2D eigenvalue weighted by Crippen LogP contribution is -2.37. The summed E-state index contributed by atoms with van der Waals surface area (Å²) < 4.78 is 28.5. The van der Waals surface area contributed by atoms with E-state index in [1.165, 1.54) is 11.0 Å². The molecule has 1 aromatic rings. The van der Waals surface area contributed by atoms with Gasteiger partial charge in [-0.3, -0.25) is 10.2 Å². The van der Waals surface area contributed by atoms with Crippen molar-refractivity contribution in [3.8, 4) is 0 Å². The minimum atomic E-state index is -0.934. The highest BCUT2D eigenvalue weighted by molar-refractivity contribution is 8.12. The number of hydrogen-bond acceptors (Lipinski definition) is 4. The van der Waals surface area contributed by atoms with E-state index in [9.17, 15) is 13.6 Å². The second-order valence-electron chi connectivity index (χ2n) is 3.48. The SMILES string of the molecule is N=C1SNC(C=O)N1Cc1ccc(F)c(F)c1. The summed E-state index contributed by atoms with van der Waals surface area (Å²) in [7, 11) is 0. The smallest absolute Gasteiger partial charge is 0.173 e. The van der Waals surface area contributed by atoms with Gasteiger partial charge >= 0.3 is 0 Å². The number of hydrogen-bond donors (Lipinski definition) is 2. The van der Waals surface area contributed by atoms with E-state index in [4.69, 9.17) is 5.41 Å². The second kappa shape index (κ2) is 4.80. The number of halogens is 2. The third-order valence-corrected chi connectivity index (χ3v) is 3.13. The summed E-state index contributed by atoms with van der Waals surface area (Å²) in [6.07, 6.45) is 0.0506. The highest BCUT2D eigenvalue weighted by Crippen LogP contribution is 2.20. The van der Waals surface area contributed by atoms with E-state index in [2.05, 4.69) is 4.72 Å². The van der Waals surface area contributed by atoms with Crippen LogP contribution in [0.3, 0.4) is 0 Å². The monoisotopic (exact) mass is 257 g/mol. The molecule has 4 nitrogen and oxygen atoms in total. The van der Waals surface area contributed by atoms with E-state index in [-0.39, 0.29) is 11.7 Å². The van der Waals surface area contributed by atoms with Crippen LogP contribution in [0.2, 0.25) is 0 Å². The molecular formula is C10H9F2N3OS. The maximum absolute atomic E-state index is 13.0. The van der Waals surface area contributed by atoms with Crippen LogP contribution in [0, 0.1) is 17.0 Å². The van der Waals surface area contributed by atoms with Crippen LogP contribution in [0.15, 0.2) is 18.2 Å². The minimum absolute atomic E-state index is 0.173. The highest BCUT2D eigenvalue weighted by atomic mass is 32.2. The highest BCUT2D eigenvalue weighted by Gasteiger charge is 2.28. The van der Waals surface area contributed by atoms with Crippen molar-refractivity contribution in [1.29, 1.82) is 5.41 Å². The minimum Gasteiger partial charge on any atom is -0.323 e. The van der Waals surface area contributed by atoms with Crippen LogP contribution >= 0.6 is 11.9 Å². The molecule has 0 bridgehead atoms. The van der Waals surface area contributed by atoms with Gasteiger partial charge in [0.1, 0.15) is 6.17 Å². The lowest BCUT2D eigenvalue weighted by molar-refractivity contribution is -0.111. The predicted octanol–water partition coefficient (Wildman–Crippen LogP) is 1.48. The normalized spacial score (nSPS) is 19.8. The summed E-state index contributed by atoms with van der Waals surface area (Å²) in [5.74, 6) is -1.85. The van der Waals surface area contributed by atoms with Crippen molar-refractivity contribution < 1.29 is 13.6 Å². The maximum Gasteiger partial charge on any atom is 0.173 e. The van der Waals surface area contributed by atoms with Gasteiger partial charge in [0.15, 0.2) is 23.1 Å². The number of amidine groups is 1. The van der Waals surface area contributed by atoms with Gasteiger partial charge in [-0.1, -0.05) is 6.07 Å². The van der Waals surface area contributed by atoms with Crippen molar-refractivity contribution in [2.75, 3.05) is 0 Å². The summed E-state index contributed by atoms with van der Waals surface area (Å²) in [6.45, 7) is 0.180. The van der Waals surface area contributed by atoms with Gasteiger partial charge in [0.05, 0.1) is 0 Å². The van der Waals surface area contributed by atoms with Crippen molar-refractivity contribution in [1.82, 2.24) is 9.62 Å². The fraction of sp³-hybridized carbons (Fsp3) is 0.200. The molecule has 1 heterocycles. The summed E-state index contributed by atoms with van der Waals surface area (Å²) in [5.41, 5.74) is 0.504. The summed E-state index contributed by atoms with van der Waals surface area (Å²) in [4.78, 5) is 12.2. The topological polar surface area (TPSA) is 56.2 Å². The number of carbonyl (C=O) groups excluding carboxylic acids is 1. The summed E-state index contributed by atoms with van der Waals surface area (Å²) in [6, 6.07) is 3.52. The van der Waals surface area contributed by atoms with Crippen LogP contribution in [0.5, 0.6) is 0 Å². The first kappa shape index (κ1) is 12.0. The Labute approximate surface area is 101 Å². The number of benzene rings is 1. The molecule has 0 aliphatic carbocycles. The molecule has 7 heteroatoms. The molecule has 1 unspecified atom stereocenters. The lowest BCUT2D eigenvalue weighted by Gasteiger charge is -2.20. The van der Waals surface area contributed by atoms with Gasteiger partial charge in [-0.2, -0.15) is 0 Å². The predicted molar refractivity (Wildman–Crippen MR) is 60.2 cm³/mol. The van der Waals surface area contributed by atoms with E-state index in [1.54, 1.807) is 0 Å². The molecule has 0 aromatic heterocycles. The van der Waals surface area contributed by atoms with Gasteiger partial charge in [-0.25, -0.2) is 13.5 Å². The molecule has 90 valence electrons. The lowest BCUT2D eigenvalue weighted by atomic mass is 10.2. The molecule has 0 amide bonds. The number of aldehydes is 1. The van der Waals surface area contributed by atoms with Crippen molar-refractivity contribution in [3.05, 3.63) is 35.4 Å². The molecule has 0 radical (unpaired) electrons. The van der Waals surface area contributed by atoms with Crippen LogP contribution < -0.4 is 4.72 Å². The van der Waals surface area contributed by atoms with E-state index in [0.29, 0.717) is 11.8 Å². The van der Waals surface area contributed by atoms with Gasteiger partial charge in [-0.05, 0) is 29.6 Å². The molecular weight excluding hydrogens is 248 g/mol. The van der Waals surface area contributed by atoms with Crippen LogP contribution in [0.25, 0.3) is 0 Å². The van der Waals surface area contributed by atoms with Crippen LogP contribution in [0.4, 0.5) is 8.78 Å². The Morgan fingerprint density at radius 1 is 1.47 bits per heavy atom. The Kier molecular flexibility index (Phi) is 3.39. The molecule has 1 aromatic carbocycles. The van der Waals surface area contributed by atoms with Crippen molar-refractivity contribution in [3.63, 3.8) is 0 Å². The van der Waals surface area contributed by atoms with E-state index in [1.807, 2.05) is 0 Å². The van der Waals surface area contributed by atoms with Crippen LogP contribution in [-0.2, 0) is 11.3 Å². The van der Waals surface area contributed by atoms with Crippen LogP contribution in [-0.4, -0.2) is 22.5 Å². The Hall–Kier alpha value is -1.47. The number of nitrogens with zero attached hydrogens (tertiary/aromatic N) is 1. The molecule has 1 saturated heterocycles. The van der Waals surface area contributed by atoms with Crippen molar-refractivity contribution in [2.24, 2.45) is 0 Å². The molecule has 1 aliphatic heterocycles. The van der Waals surface area contributed by atoms with Crippen molar-refractivity contribution >= 4 is 23.4 Å². The molecule has 0 saturated carbocycles. The van der Waals surface area contributed by atoms with Gasteiger partial charge in [-0.15, -0.1) is 0 Å². The Morgan fingerprint density at radius 3 is 2.88 bits per heavy atom.